The highest BCUT2D eigenvalue weighted by atomic mass is 32.2. The van der Waals surface area contributed by atoms with Crippen LogP contribution in [-0.4, -0.2) is 11.8 Å². The maximum Gasteiger partial charge on any atom is 0.0133 e. The third-order valence-corrected chi connectivity index (χ3v) is 3.34. The summed E-state index contributed by atoms with van der Waals surface area (Å²) in [6.45, 7) is 4.29. The van der Waals surface area contributed by atoms with Crippen molar-refractivity contribution in [2.75, 3.05) is 5.75 Å². The van der Waals surface area contributed by atoms with Crippen LogP contribution in [0.1, 0.15) is 25.3 Å². The summed E-state index contributed by atoms with van der Waals surface area (Å²) >= 11 is 1.85. The van der Waals surface area contributed by atoms with Gasteiger partial charge < -0.3 is 5.73 Å². The van der Waals surface area contributed by atoms with Gasteiger partial charge in [-0.15, -0.1) is 11.8 Å². The maximum atomic E-state index is 5.94. The Bertz CT molecular complexity index is 256. The lowest BCUT2D eigenvalue weighted by Gasteiger charge is -2.09. The molecule has 14 heavy (non-hydrogen) atoms. The fourth-order valence-electron chi connectivity index (χ4n) is 1.29. The van der Waals surface area contributed by atoms with Crippen LogP contribution in [0.2, 0.25) is 0 Å². The topological polar surface area (TPSA) is 26.0 Å². The Hall–Kier alpha value is -0.470. The van der Waals surface area contributed by atoms with Gasteiger partial charge >= 0.3 is 0 Å². The number of rotatable bonds is 5. The van der Waals surface area contributed by atoms with Crippen LogP contribution in [0.25, 0.3) is 0 Å². The minimum Gasteiger partial charge on any atom is -0.327 e. The monoisotopic (exact) mass is 209 g/mol. The fourth-order valence-corrected chi connectivity index (χ4v) is 2.19. The van der Waals surface area contributed by atoms with Gasteiger partial charge in [-0.05, 0) is 25.5 Å². The number of hydrogen-bond donors (Lipinski definition) is 1. The van der Waals surface area contributed by atoms with Crippen molar-refractivity contribution in [3.63, 3.8) is 0 Å². The first-order valence-electron chi connectivity index (χ1n) is 5.17. The van der Waals surface area contributed by atoms with Crippen molar-refractivity contribution >= 4 is 11.8 Å². The highest BCUT2D eigenvalue weighted by Gasteiger charge is 2.01. The molecular formula is C12H19NS. The lowest BCUT2D eigenvalue weighted by atomic mass is 10.2. The summed E-state index contributed by atoms with van der Waals surface area (Å²) in [5.41, 5.74) is 7.25. The van der Waals surface area contributed by atoms with E-state index in [2.05, 4.69) is 38.1 Å². The SMILES string of the molecule is CCC[C@@H](N)CSc1ccc(C)cc1. The Labute approximate surface area is 91.1 Å². The van der Waals surface area contributed by atoms with Crippen LogP contribution in [0.3, 0.4) is 0 Å². The van der Waals surface area contributed by atoms with Crippen LogP contribution in [0.5, 0.6) is 0 Å². The number of thioether (sulfide) groups is 1. The second-order valence-electron chi connectivity index (χ2n) is 3.67. The van der Waals surface area contributed by atoms with E-state index >= 15 is 0 Å². The molecule has 0 saturated carbocycles. The number of benzene rings is 1. The third-order valence-electron chi connectivity index (χ3n) is 2.14. The smallest absolute Gasteiger partial charge is 0.0133 e. The van der Waals surface area contributed by atoms with Crippen molar-refractivity contribution in [3.8, 4) is 0 Å². The zero-order valence-corrected chi connectivity index (χ0v) is 9.81. The van der Waals surface area contributed by atoms with Gasteiger partial charge in [0.15, 0.2) is 0 Å². The first-order valence-corrected chi connectivity index (χ1v) is 6.16. The first-order chi connectivity index (χ1) is 6.72. The van der Waals surface area contributed by atoms with Crippen molar-refractivity contribution in [2.24, 2.45) is 5.73 Å². The second kappa shape index (κ2) is 6.10. The molecule has 1 atom stereocenters. The summed E-state index contributed by atoms with van der Waals surface area (Å²) in [7, 11) is 0. The highest BCUT2D eigenvalue weighted by Crippen LogP contribution is 2.19. The molecule has 0 amide bonds. The van der Waals surface area contributed by atoms with Crippen molar-refractivity contribution in [1.29, 1.82) is 0 Å². The molecule has 2 N–H and O–H groups in total. The predicted octanol–water partition coefficient (Wildman–Crippen LogP) is 3.21. The van der Waals surface area contributed by atoms with Crippen LogP contribution >= 0.6 is 11.8 Å². The summed E-state index contributed by atoms with van der Waals surface area (Å²) in [6.07, 6.45) is 2.30. The standard InChI is InChI=1S/C12H19NS/c1-3-4-11(13)9-14-12-7-5-10(2)6-8-12/h5-8,11H,3-4,9,13H2,1-2H3/t11-/m1/s1. The molecule has 1 nitrogen and oxygen atoms in total. The molecule has 0 spiro atoms. The molecule has 1 rings (SSSR count). The summed E-state index contributed by atoms with van der Waals surface area (Å²) < 4.78 is 0. The maximum absolute atomic E-state index is 5.94. The third kappa shape index (κ3) is 4.16. The fraction of sp³-hybridized carbons (Fsp3) is 0.500. The van der Waals surface area contributed by atoms with Crippen molar-refractivity contribution < 1.29 is 0 Å². The minimum atomic E-state index is 0.339. The molecule has 0 aliphatic carbocycles. The lowest BCUT2D eigenvalue weighted by molar-refractivity contribution is 0.661. The Morgan fingerprint density at radius 3 is 2.50 bits per heavy atom. The Morgan fingerprint density at radius 1 is 1.29 bits per heavy atom. The van der Waals surface area contributed by atoms with E-state index in [0.717, 1.165) is 12.2 Å². The van der Waals surface area contributed by atoms with Gasteiger partial charge in [-0.2, -0.15) is 0 Å². The first kappa shape index (κ1) is 11.6. The summed E-state index contributed by atoms with van der Waals surface area (Å²) in [5.74, 6) is 1.02. The Kier molecular flexibility index (Phi) is 5.05. The molecule has 0 bridgehead atoms. The van der Waals surface area contributed by atoms with Gasteiger partial charge in [-0.1, -0.05) is 31.0 Å². The number of aryl methyl sites for hydroxylation is 1. The van der Waals surface area contributed by atoms with Gasteiger partial charge in [0.25, 0.3) is 0 Å². The molecule has 78 valence electrons. The Balaban J connectivity index is 2.34. The van der Waals surface area contributed by atoms with Crippen LogP contribution in [-0.2, 0) is 0 Å². The summed E-state index contributed by atoms with van der Waals surface area (Å²) in [5, 5.41) is 0. The molecule has 0 saturated heterocycles. The summed E-state index contributed by atoms with van der Waals surface area (Å²) in [6, 6.07) is 8.96. The van der Waals surface area contributed by atoms with E-state index in [-0.39, 0.29) is 0 Å². The molecular weight excluding hydrogens is 190 g/mol. The lowest BCUT2D eigenvalue weighted by Crippen LogP contribution is -2.22. The van der Waals surface area contributed by atoms with E-state index < -0.39 is 0 Å². The Morgan fingerprint density at radius 2 is 1.93 bits per heavy atom. The summed E-state index contributed by atoms with van der Waals surface area (Å²) in [4.78, 5) is 1.32. The molecule has 0 aliphatic heterocycles. The van der Waals surface area contributed by atoms with Crippen molar-refractivity contribution in [1.82, 2.24) is 0 Å². The van der Waals surface area contributed by atoms with Gasteiger partial charge in [0.1, 0.15) is 0 Å². The number of nitrogens with two attached hydrogens (primary N) is 1. The van der Waals surface area contributed by atoms with Crippen molar-refractivity contribution in [2.45, 2.75) is 37.6 Å². The highest BCUT2D eigenvalue weighted by molar-refractivity contribution is 7.99. The van der Waals surface area contributed by atoms with Gasteiger partial charge in [-0.3, -0.25) is 0 Å². The van der Waals surface area contributed by atoms with Gasteiger partial charge in [0, 0.05) is 16.7 Å². The van der Waals surface area contributed by atoms with Crippen LogP contribution in [0.4, 0.5) is 0 Å². The van der Waals surface area contributed by atoms with Crippen LogP contribution < -0.4 is 5.73 Å². The van der Waals surface area contributed by atoms with E-state index in [4.69, 9.17) is 5.73 Å². The van der Waals surface area contributed by atoms with E-state index in [1.165, 1.54) is 16.9 Å². The molecule has 0 unspecified atom stereocenters. The second-order valence-corrected chi connectivity index (χ2v) is 4.77. The molecule has 1 aromatic carbocycles. The van der Waals surface area contributed by atoms with Gasteiger partial charge in [0.05, 0.1) is 0 Å². The predicted molar refractivity (Wildman–Crippen MR) is 64.8 cm³/mol. The molecule has 0 aromatic heterocycles. The zero-order valence-electron chi connectivity index (χ0n) is 8.99. The average Bonchev–Trinajstić information content (AvgIpc) is 2.17. The molecule has 0 fully saturated rings. The molecule has 0 radical (unpaired) electrons. The van der Waals surface area contributed by atoms with Crippen LogP contribution in [0, 0.1) is 6.92 Å². The molecule has 1 aromatic rings. The molecule has 0 aliphatic rings. The van der Waals surface area contributed by atoms with E-state index in [1.807, 2.05) is 11.8 Å². The van der Waals surface area contributed by atoms with E-state index in [9.17, 15) is 0 Å². The zero-order chi connectivity index (χ0) is 10.4. The molecule has 0 heterocycles. The minimum absolute atomic E-state index is 0.339. The number of hydrogen-bond acceptors (Lipinski definition) is 2. The normalized spacial score (nSPS) is 12.8. The molecule has 2 heteroatoms. The quantitative estimate of drug-likeness (QED) is 0.754. The van der Waals surface area contributed by atoms with Crippen molar-refractivity contribution in [3.05, 3.63) is 29.8 Å². The average molecular weight is 209 g/mol. The largest absolute Gasteiger partial charge is 0.327 e. The van der Waals surface area contributed by atoms with Gasteiger partial charge in [-0.25, -0.2) is 0 Å². The van der Waals surface area contributed by atoms with Gasteiger partial charge in [0.2, 0.25) is 0 Å². The van der Waals surface area contributed by atoms with Crippen LogP contribution in [0.15, 0.2) is 29.2 Å². The van der Waals surface area contributed by atoms with E-state index in [0.29, 0.717) is 6.04 Å². The van der Waals surface area contributed by atoms with E-state index in [1.54, 1.807) is 0 Å².